The first-order valence-corrected chi connectivity index (χ1v) is 4.76. The van der Waals surface area contributed by atoms with E-state index in [9.17, 15) is 0 Å². The van der Waals surface area contributed by atoms with Crippen molar-refractivity contribution in [2.75, 3.05) is 6.61 Å². The average Bonchev–Trinajstić information content (AvgIpc) is 2.10. The molecule has 14 heavy (non-hydrogen) atoms. The van der Waals surface area contributed by atoms with Gasteiger partial charge < -0.3 is 10.5 Å². The summed E-state index contributed by atoms with van der Waals surface area (Å²) < 4.78 is 5.29. The zero-order chi connectivity index (χ0) is 10.6. The molecule has 0 spiro atoms. The van der Waals surface area contributed by atoms with Crippen molar-refractivity contribution in [3.63, 3.8) is 0 Å². The van der Waals surface area contributed by atoms with Crippen molar-refractivity contribution >= 4 is 29.0 Å². The first-order valence-electron chi connectivity index (χ1n) is 4.00. The molecule has 0 fully saturated rings. The molecular weight excluding hydrogens is 223 g/mol. The summed E-state index contributed by atoms with van der Waals surface area (Å²) in [6.07, 6.45) is 0.378. The fourth-order valence-corrected chi connectivity index (χ4v) is 1.19. The summed E-state index contributed by atoms with van der Waals surface area (Å²) in [5, 5.41) is 8.06. The van der Waals surface area contributed by atoms with Gasteiger partial charge >= 0.3 is 0 Å². The van der Waals surface area contributed by atoms with Crippen LogP contribution in [-0.4, -0.2) is 12.4 Å². The Balaban J connectivity index is 2.57. The predicted molar refractivity (Wildman–Crippen MR) is 58.5 cm³/mol. The number of amidine groups is 1. The van der Waals surface area contributed by atoms with Gasteiger partial charge in [-0.15, -0.1) is 0 Å². The predicted octanol–water partition coefficient (Wildman–Crippen LogP) is 2.70. The quantitative estimate of drug-likeness (QED) is 0.620. The number of halogens is 2. The first kappa shape index (κ1) is 11.1. The number of hydrogen-bond acceptors (Lipinski definition) is 2. The molecule has 76 valence electrons. The molecular formula is C9H10Cl2N2O. The van der Waals surface area contributed by atoms with Gasteiger partial charge in [0.05, 0.1) is 17.5 Å². The molecule has 0 radical (unpaired) electrons. The highest BCUT2D eigenvalue weighted by molar-refractivity contribution is 6.34. The Morgan fingerprint density at radius 3 is 2.79 bits per heavy atom. The normalized spacial score (nSPS) is 9.86. The number of benzene rings is 1. The van der Waals surface area contributed by atoms with Crippen LogP contribution in [0.4, 0.5) is 0 Å². The van der Waals surface area contributed by atoms with Gasteiger partial charge in [-0.2, -0.15) is 0 Å². The molecule has 0 unspecified atom stereocenters. The maximum absolute atomic E-state index is 6.99. The third-order valence-corrected chi connectivity index (χ3v) is 2.07. The van der Waals surface area contributed by atoms with E-state index in [0.29, 0.717) is 28.8 Å². The van der Waals surface area contributed by atoms with Crippen molar-refractivity contribution in [3.8, 4) is 5.75 Å². The summed E-state index contributed by atoms with van der Waals surface area (Å²) >= 11 is 11.6. The van der Waals surface area contributed by atoms with Crippen molar-refractivity contribution in [3.05, 3.63) is 28.2 Å². The number of nitrogens with one attached hydrogen (secondary N) is 1. The summed E-state index contributed by atoms with van der Waals surface area (Å²) in [4.78, 5) is 0. The first-order chi connectivity index (χ1) is 6.59. The van der Waals surface area contributed by atoms with E-state index in [1.165, 1.54) is 0 Å². The summed E-state index contributed by atoms with van der Waals surface area (Å²) in [5.41, 5.74) is 5.17. The zero-order valence-electron chi connectivity index (χ0n) is 7.39. The van der Waals surface area contributed by atoms with Gasteiger partial charge in [0.1, 0.15) is 5.75 Å². The fourth-order valence-electron chi connectivity index (χ4n) is 0.859. The summed E-state index contributed by atoms with van der Waals surface area (Å²) in [6.45, 7) is 0.329. The fraction of sp³-hybridized carbons (Fsp3) is 0.222. The van der Waals surface area contributed by atoms with E-state index in [-0.39, 0.29) is 5.84 Å². The number of hydrogen-bond donors (Lipinski definition) is 2. The van der Waals surface area contributed by atoms with Crippen molar-refractivity contribution in [1.29, 1.82) is 5.41 Å². The van der Waals surface area contributed by atoms with Crippen LogP contribution in [0.1, 0.15) is 6.42 Å². The molecule has 5 heteroatoms. The Bertz CT molecular complexity index is 342. The highest BCUT2D eigenvalue weighted by Crippen LogP contribution is 2.27. The Hall–Kier alpha value is -0.930. The smallest absolute Gasteiger partial charge is 0.139 e. The van der Waals surface area contributed by atoms with Gasteiger partial charge in [0.25, 0.3) is 0 Å². The molecule has 0 saturated heterocycles. The van der Waals surface area contributed by atoms with Gasteiger partial charge in [-0.05, 0) is 12.1 Å². The molecule has 0 aromatic heterocycles. The van der Waals surface area contributed by atoms with Crippen molar-refractivity contribution in [1.82, 2.24) is 0 Å². The molecule has 3 N–H and O–H groups in total. The van der Waals surface area contributed by atoms with E-state index in [2.05, 4.69) is 0 Å². The molecule has 0 amide bonds. The lowest BCUT2D eigenvalue weighted by molar-refractivity contribution is 0.329. The minimum atomic E-state index is 0.0863. The van der Waals surface area contributed by atoms with Crippen LogP contribution in [0.5, 0.6) is 5.75 Å². The number of ether oxygens (including phenoxy) is 1. The molecule has 0 aliphatic carbocycles. The second-order valence-electron chi connectivity index (χ2n) is 2.70. The SMILES string of the molecule is N=C(N)CCOc1cc(Cl)ccc1Cl. The summed E-state index contributed by atoms with van der Waals surface area (Å²) in [5.74, 6) is 0.601. The van der Waals surface area contributed by atoms with Crippen LogP contribution in [-0.2, 0) is 0 Å². The monoisotopic (exact) mass is 232 g/mol. The van der Waals surface area contributed by atoms with E-state index in [1.807, 2.05) is 0 Å². The van der Waals surface area contributed by atoms with Crippen molar-refractivity contribution in [2.45, 2.75) is 6.42 Å². The maximum Gasteiger partial charge on any atom is 0.139 e. The van der Waals surface area contributed by atoms with Crippen LogP contribution in [0.2, 0.25) is 10.0 Å². The molecule has 0 aliphatic heterocycles. The molecule has 0 bridgehead atoms. The standard InChI is InChI=1S/C9H10Cl2N2O/c10-6-1-2-7(11)8(5-6)14-4-3-9(12)13/h1-2,5H,3-4H2,(H3,12,13). The highest BCUT2D eigenvalue weighted by Gasteiger charge is 2.02. The molecule has 1 aromatic carbocycles. The Kier molecular flexibility index (Phi) is 4.04. The van der Waals surface area contributed by atoms with E-state index < -0.39 is 0 Å². The van der Waals surface area contributed by atoms with Crippen molar-refractivity contribution < 1.29 is 4.74 Å². The highest BCUT2D eigenvalue weighted by atomic mass is 35.5. The molecule has 0 aliphatic rings. The molecule has 1 rings (SSSR count). The van der Waals surface area contributed by atoms with E-state index in [0.717, 1.165) is 0 Å². The Labute approximate surface area is 92.3 Å². The van der Waals surface area contributed by atoms with E-state index in [1.54, 1.807) is 18.2 Å². The summed E-state index contributed by atoms with van der Waals surface area (Å²) in [7, 11) is 0. The zero-order valence-corrected chi connectivity index (χ0v) is 8.90. The largest absolute Gasteiger partial charge is 0.492 e. The van der Waals surface area contributed by atoms with Crippen LogP contribution in [0, 0.1) is 5.41 Å². The minimum Gasteiger partial charge on any atom is -0.492 e. The minimum absolute atomic E-state index is 0.0863. The van der Waals surface area contributed by atoms with Crippen LogP contribution in [0.3, 0.4) is 0 Å². The van der Waals surface area contributed by atoms with Crippen LogP contribution >= 0.6 is 23.2 Å². The lowest BCUT2D eigenvalue weighted by atomic mass is 10.3. The number of rotatable bonds is 4. The number of nitrogens with two attached hydrogens (primary N) is 1. The Morgan fingerprint density at radius 1 is 1.43 bits per heavy atom. The van der Waals surface area contributed by atoms with Crippen LogP contribution in [0.15, 0.2) is 18.2 Å². The van der Waals surface area contributed by atoms with Gasteiger partial charge in [-0.3, -0.25) is 5.41 Å². The van der Waals surface area contributed by atoms with Gasteiger partial charge in [-0.25, -0.2) is 0 Å². The molecule has 0 heterocycles. The van der Waals surface area contributed by atoms with E-state index in [4.69, 9.17) is 39.1 Å². The van der Waals surface area contributed by atoms with Gasteiger partial charge in [0, 0.05) is 17.5 Å². The summed E-state index contributed by atoms with van der Waals surface area (Å²) in [6, 6.07) is 4.97. The lowest BCUT2D eigenvalue weighted by Gasteiger charge is -2.07. The van der Waals surface area contributed by atoms with Gasteiger partial charge in [-0.1, -0.05) is 23.2 Å². The maximum atomic E-state index is 6.99. The average molecular weight is 233 g/mol. The lowest BCUT2D eigenvalue weighted by Crippen LogP contribution is -2.13. The van der Waals surface area contributed by atoms with Crippen molar-refractivity contribution in [2.24, 2.45) is 5.73 Å². The van der Waals surface area contributed by atoms with Gasteiger partial charge in [0.15, 0.2) is 0 Å². The molecule has 3 nitrogen and oxygen atoms in total. The van der Waals surface area contributed by atoms with E-state index >= 15 is 0 Å². The third kappa shape index (κ3) is 3.44. The molecule has 0 saturated carbocycles. The third-order valence-electron chi connectivity index (χ3n) is 1.52. The second kappa shape index (κ2) is 5.08. The molecule has 0 atom stereocenters. The topological polar surface area (TPSA) is 59.1 Å². The van der Waals surface area contributed by atoms with Crippen LogP contribution in [0.25, 0.3) is 0 Å². The molecule has 1 aromatic rings. The van der Waals surface area contributed by atoms with Gasteiger partial charge in [0.2, 0.25) is 0 Å². The second-order valence-corrected chi connectivity index (χ2v) is 3.54. The Morgan fingerprint density at radius 2 is 2.14 bits per heavy atom. The van der Waals surface area contributed by atoms with Crippen LogP contribution < -0.4 is 10.5 Å².